The van der Waals surface area contributed by atoms with Gasteiger partial charge in [-0.2, -0.15) is 0 Å². The number of aryl methyl sites for hydroxylation is 1. The van der Waals surface area contributed by atoms with Crippen LogP contribution in [0.3, 0.4) is 0 Å². The Kier molecular flexibility index (Phi) is 6.99. The van der Waals surface area contributed by atoms with Gasteiger partial charge < -0.3 is 9.30 Å². The highest BCUT2D eigenvalue weighted by Gasteiger charge is 2.23. The lowest BCUT2D eigenvalue weighted by molar-refractivity contribution is 0.0600. The number of sulfonamides is 1. The third-order valence-corrected chi connectivity index (χ3v) is 6.97. The Morgan fingerprint density at radius 1 is 1.00 bits per heavy atom. The predicted molar refractivity (Wildman–Crippen MR) is 132 cm³/mol. The Labute approximate surface area is 204 Å². The zero-order valence-corrected chi connectivity index (χ0v) is 20.1. The molecule has 0 fully saturated rings. The molecule has 7 nitrogen and oxygen atoms in total. The Balaban J connectivity index is 1.84. The minimum atomic E-state index is -3.94. The summed E-state index contributed by atoms with van der Waals surface area (Å²) in [6, 6.07) is 21.6. The van der Waals surface area contributed by atoms with E-state index in [1.54, 1.807) is 84.0 Å². The van der Waals surface area contributed by atoms with E-state index in [9.17, 15) is 13.2 Å². The SMILES string of the molecule is COC(=O)c1cccc(C#CN(Cc2ccncc2)S(=O)(=O)c2ccc(C)cc2)c1-n1cccc1. The minimum absolute atomic E-state index is 0.0290. The number of aromatic nitrogens is 2. The zero-order valence-electron chi connectivity index (χ0n) is 19.3. The lowest BCUT2D eigenvalue weighted by Gasteiger charge is -2.18. The van der Waals surface area contributed by atoms with Crippen molar-refractivity contribution < 1.29 is 17.9 Å². The molecule has 4 rings (SSSR count). The van der Waals surface area contributed by atoms with Crippen LogP contribution in [0, 0.1) is 18.9 Å². The molecule has 35 heavy (non-hydrogen) atoms. The van der Waals surface area contributed by atoms with Crippen molar-refractivity contribution in [3.8, 4) is 17.7 Å². The van der Waals surface area contributed by atoms with Crippen molar-refractivity contribution in [2.24, 2.45) is 0 Å². The maximum Gasteiger partial charge on any atom is 0.340 e. The van der Waals surface area contributed by atoms with Crippen LogP contribution in [0.25, 0.3) is 5.69 Å². The van der Waals surface area contributed by atoms with Gasteiger partial charge >= 0.3 is 5.97 Å². The fraction of sp³-hybridized carbons (Fsp3) is 0.111. The lowest BCUT2D eigenvalue weighted by Crippen LogP contribution is -2.26. The molecule has 8 heteroatoms. The monoisotopic (exact) mass is 485 g/mol. The van der Waals surface area contributed by atoms with Crippen molar-refractivity contribution in [2.75, 3.05) is 7.11 Å². The van der Waals surface area contributed by atoms with Gasteiger partial charge in [0.2, 0.25) is 0 Å². The van der Waals surface area contributed by atoms with Gasteiger partial charge in [-0.3, -0.25) is 4.98 Å². The summed E-state index contributed by atoms with van der Waals surface area (Å²) in [5, 5.41) is 0. The first-order valence-electron chi connectivity index (χ1n) is 10.7. The van der Waals surface area contributed by atoms with Crippen LogP contribution < -0.4 is 0 Å². The summed E-state index contributed by atoms with van der Waals surface area (Å²) in [5.74, 6) is 2.47. The number of benzene rings is 2. The number of ether oxygens (including phenoxy) is 1. The van der Waals surface area contributed by atoms with Gasteiger partial charge in [0.05, 0.1) is 35.4 Å². The van der Waals surface area contributed by atoms with Crippen molar-refractivity contribution in [2.45, 2.75) is 18.4 Å². The summed E-state index contributed by atoms with van der Waals surface area (Å²) in [7, 11) is -2.63. The molecule has 0 aliphatic carbocycles. The first kappa shape index (κ1) is 23.8. The number of esters is 1. The zero-order chi connectivity index (χ0) is 24.8. The molecule has 0 saturated heterocycles. The Bertz CT molecular complexity index is 1490. The molecular formula is C27H23N3O4S. The normalized spacial score (nSPS) is 10.8. The average molecular weight is 486 g/mol. The number of para-hydroxylation sites is 1. The van der Waals surface area contributed by atoms with Crippen molar-refractivity contribution in [1.82, 2.24) is 13.9 Å². The van der Waals surface area contributed by atoms with Gasteiger partial charge in [0.25, 0.3) is 10.0 Å². The topological polar surface area (TPSA) is 81.5 Å². The quantitative estimate of drug-likeness (QED) is 0.233. The van der Waals surface area contributed by atoms with E-state index < -0.39 is 16.0 Å². The standard InChI is InChI=1S/C27H23N3O4S/c1-21-8-10-24(11-9-21)35(32,33)30(20-22-12-15-28-16-13-22)19-14-23-6-5-7-25(27(31)34-2)26(23)29-17-3-4-18-29/h3-13,15-18H,20H2,1-2H3. The van der Waals surface area contributed by atoms with Crippen molar-refractivity contribution in [1.29, 1.82) is 0 Å². The molecule has 0 radical (unpaired) electrons. The number of hydrogen-bond acceptors (Lipinski definition) is 5. The molecule has 0 atom stereocenters. The first-order valence-corrected chi connectivity index (χ1v) is 12.2. The van der Waals surface area contributed by atoms with Crippen molar-refractivity contribution in [3.63, 3.8) is 0 Å². The molecule has 4 aromatic rings. The van der Waals surface area contributed by atoms with E-state index in [0.717, 1.165) is 15.4 Å². The van der Waals surface area contributed by atoms with Gasteiger partial charge in [-0.1, -0.05) is 23.8 Å². The Morgan fingerprint density at radius 3 is 2.34 bits per heavy atom. The van der Waals surface area contributed by atoms with Gasteiger partial charge in [0.15, 0.2) is 0 Å². The largest absolute Gasteiger partial charge is 0.465 e. The lowest BCUT2D eigenvalue weighted by atomic mass is 10.1. The van der Waals surface area contributed by atoms with Gasteiger partial charge in [0.1, 0.15) is 0 Å². The molecule has 0 aliphatic heterocycles. The van der Waals surface area contributed by atoms with Crippen LogP contribution in [0.15, 0.2) is 96.4 Å². The third-order valence-electron chi connectivity index (χ3n) is 5.30. The fourth-order valence-electron chi connectivity index (χ4n) is 3.48. The van der Waals surface area contributed by atoms with Gasteiger partial charge in [-0.15, -0.1) is 0 Å². The van der Waals surface area contributed by atoms with Crippen LogP contribution in [-0.4, -0.2) is 35.4 Å². The molecular weight excluding hydrogens is 462 g/mol. The minimum Gasteiger partial charge on any atom is -0.465 e. The molecule has 2 aromatic carbocycles. The summed E-state index contributed by atoms with van der Waals surface area (Å²) in [6.07, 6.45) is 6.77. The highest BCUT2D eigenvalue weighted by Crippen LogP contribution is 2.22. The van der Waals surface area contributed by atoms with Crippen molar-refractivity contribution >= 4 is 16.0 Å². The summed E-state index contributed by atoms with van der Waals surface area (Å²) >= 11 is 0. The molecule has 2 aromatic heterocycles. The van der Waals surface area contributed by atoms with E-state index >= 15 is 0 Å². The maximum atomic E-state index is 13.5. The number of nitrogens with zero attached hydrogens (tertiary/aromatic N) is 3. The number of methoxy groups -OCH3 is 1. The number of carbonyl (C=O) groups excluding carboxylic acids is 1. The average Bonchev–Trinajstić information content (AvgIpc) is 3.41. The fourth-order valence-corrected chi connectivity index (χ4v) is 4.70. The number of pyridine rings is 1. The van der Waals surface area contributed by atoms with Crippen LogP contribution in [0.2, 0.25) is 0 Å². The molecule has 0 aliphatic rings. The predicted octanol–water partition coefficient (Wildman–Crippen LogP) is 4.17. The van der Waals surface area contributed by atoms with E-state index in [4.69, 9.17) is 4.74 Å². The van der Waals surface area contributed by atoms with E-state index in [1.807, 2.05) is 19.1 Å². The molecule has 0 saturated carbocycles. The highest BCUT2D eigenvalue weighted by atomic mass is 32.2. The molecule has 0 spiro atoms. The molecule has 0 N–H and O–H groups in total. The molecule has 0 unspecified atom stereocenters. The summed E-state index contributed by atoms with van der Waals surface area (Å²) in [6.45, 7) is 1.92. The highest BCUT2D eigenvalue weighted by molar-refractivity contribution is 7.89. The molecule has 176 valence electrons. The first-order chi connectivity index (χ1) is 16.9. The van der Waals surface area contributed by atoms with Gasteiger partial charge in [0, 0.05) is 30.8 Å². The summed E-state index contributed by atoms with van der Waals surface area (Å²) < 4.78 is 34.9. The molecule has 0 amide bonds. The van der Waals surface area contributed by atoms with E-state index in [2.05, 4.69) is 16.9 Å². The van der Waals surface area contributed by atoms with Crippen LogP contribution >= 0.6 is 0 Å². The van der Waals surface area contributed by atoms with E-state index in [-0.39, 0.29) is 11.4 Å². The van der Waals surface area contributed by atoms with Gasteiger partial charge in [-0.05, 0) is 66.9 Å². The van der Waals surface area contributed by atoms with E-state index in [0.29, 0.717) is 16.8 Å². The van der Waals surface area contributed by atoms with Crippen LogP contribution in [0.4, 0.5) is 0 Å². The molecule has 2 heterocycles. The Morgan fingerprint density at radius 2 is 1.69 bits per heavy atom. The maximum absolute atomic E-state index is 13.5. The second-order valence-corrected chi connectivity index (χ2v) is 9.56. The summed E-state index contributed by atoms with van der Waals surface area (Å²) in [4.78, 5) is 16.6. The van der Waals surface area contributed by atoms with Crippen LogP contribution in [-0.2, 0) is 21.3 Å². The number of hydrogen-bond donors (Lipinski definition) is 0. The van der Waals surface area contributed by atoms with Gasteiger partial charge in [-0.25, -0.2) is 17.5 Å². The second-order valence-electron chi connectivity index (χ2n) is 7.70. The van der Waals surface area contributed by atoms with E-state index in [1.165, 1.54) is 7.11 Å². The second kappa shape index (κ2) is 10.3. The smallest absolute Gasteiger partial charge is 0.340 e. The number of carbonyl (C=O) groups is 1. The summed E-state index contributed by atoms with van der Waals surface area (Å²) in [5.41, 5.74) is 2.99. The third kappa shape index (κ3) is 5.26. The van der Waals surface area contributed by atoms with Crippen LogP contribution in [0.1, 0.15) is 27.0 Å². The molecule has 0 bridgehead atoms. The van der Waals surface area contributed by atoms with Crippen LogP contribution in [0.5, 0.6) is 0 Å². The Hall–Kier alpha value is -4.35. The number of rotatable bonds is 6. The van der Waals surface area contributed by atoms with Crippen molar-refractivity contribution in [3.05, 3.63) is 114 Å².